The highest BCUT2D eigenvalue weighted by atomic mass is 35.5. The molecule has 6 nitrogen and oxygen atoms in total. The van der Waals surface area contributed by atoms with Crippen LogP contribution < -0.4 is 10.6 Å². The average Bonchev–Trinajstić information content (AvgIpc) is 3.62. The molecule has 0 bridgehead atoms. The van der Waals surface area contributed by atoms with Crippen molar-refractivity contribution < 1.29 is 0 Å². The Morgan fingerprint density at radius 1 is 0.946 bits per heavy atom. The van der Waals surface area contributed by atoms with Crippen molar-refractivity contribution in [2.24, 2.45) is 4.99 Å². The van der Waals surface area contributed by atoms with E-state index in [9.17, 15) is 0 Å². The predicted molar refractivity (Wildman–Crippen MR) is 152 cm³/mol. The third-order valence-electron chi connectivity index (χ3n) is 5.75. The number of rotatable bonds is 8. The maximum Gasteiger partial charge on any atom is 0.199 e. The van der Waals surface area contributed by atoms with Crippen molar-refractivity contribution >= 4 is 45.6 Å². The Kier molecular flexibility index (Phi) is 8.15. The van der Waals surface area contributed by atoms with Gasteiger partial charge >= 0.3 is 0 Å². The molecule has 1 unspecified atom stereocenters. The number of aromatic nitrogens is 3. The molecule has 0 saturated heterocycles. The minimum absolute atomic E-state index is 0.239. The number of guanidine groups is 1. The van der Waals surface area contributed by atoms with Gasteiger partial charge < -0.3 is 15.2 Å². The van der Waals surface area contributed by atoms with Crippen LogP contribution in [0.25, 0.3) is 0 Å². The van der Waals surface area contributed by atoms with Crippen molar-refractivity contribution in [2.45, 2.75) is 18.6 Å². The first-order chi connectivity index (χ1) is 18.2. The molecule has 0 aliphatic carbocycles. The number of anilines is 1. The molecule has 2 heterocycles. The molecular formula is C28H24Cl2N6S. The summed E-state index contributed by atoms with van der Waals surface area (Å²) in [5.41, 5.74) is 3.04. The van der Waals surface area contributed by atoms with Crippen molar-refractivity contribution in [2.75, 3.05) is 5.32 Å². The summed E-state index contributed by atoms with van der Waals surface area (Å²) in [6, 6.07) is 25.5. The zero-order chi connectivity index (χ0) is 25.5. The van der Waals surface area contributed by atoms with Gasteiger partial charge in [0.05, 0.1) is 12.4 Å². The minimum atomic E-state index is -0.244. The predicted octanol–water partition coefficient (Wildman–Crippen LogP) is 7.24. The number of halogens is 2. The molecule has 5 rings (SSSR count). The van der Waals surface area contributed by atoms with Crippen LogP contribution in [0.2, 0.25) is 10.0 Å². The molecule has 0 aliphatic heterocycles. The highest BCUT2D eigenvalue weighted by Crippen LogP contribution is 2.29. The molecule has 2 aromatic heterocycles. The first kappa shape index (κ1) is 25.0. The van der Waals surface area contributed by atoms with Crippen LogP contribution in [0.15, 0.2) is 114 Å². The first-order valence-corrected chi connectivity index (χ1v) is 13.3. The van der Waals surface area contributed by atoms with E-state index in [1.807, 2.05) is 64.7 Å². The molecule has 5 aromatic rings. The summed E-state index contributed by atoms with van der Waals surface area (Å²) in [4.78, 5) is 13.8. The lowest BCUT2D eigenvalue weighted by atomic mass is 9.99. The van der Waals surface area contributed by atoms with Gasteiger partial charge in [-0.05, 0) is 28.8 Å². The number of thiazole rings is 1. The van der Waals surface area contributed by atoms with E-state index >= 15 is 0 Å². The lowest BCUT2D eigenvalue weighted by Gasteiger charge is -2.25. The summed E-state index contributed by atoms with van der Waals surface area (Å²) in [5.74, 6) is 0.573. The lowest BCUT2D eigenvalue weighted by Crippen LogP contribution is -2.37. The van der Waals surface area contributed by atoms with Gasteiger partial charge in [0, 0.05) is 40.6 Å². The van der Waals surface area contributed by atoms with Gasteiger partial charge in [-0.1, -0.05) is 89.9 Å². The van der Waals surface area contributed by atoms with Gasteiger partial charge in [0.1, 0.15) is 6.04 Å². The summed E-state index contributed by atoms with van der Waals surface area (Å²) < 4.78 is 2.00. The van der Waals surface area contributed by atoms with Crippen LogP contribution in [0, 0.1) is 0 Å². The number of nitrogens with zero attached hydrogens (tertiary/aromatic N) is 4. The smallest absolute Gasteiger partial charge is 0.199 e. The van der Waals surface area contributed by atoms with Gasteiger partial charge in [0.25, 0.3) is 0 Å². The van der Waals surface area contributed by atoms with E-state index in [0.29, 0.717) is 22.5 Å². The molecule has 1 atom stereocenters. The van der Waals surface area contributed by atoms with E-state index < -0.39 is 0 Å². The molecule has 0 radical (unpaired) electrons. The number of hydrogen-bond donors (Lipinski definition) is 2. The van der Waals surface area contributed by atoms with Crippen LogP contribution in [0.4, 0.5) is 5.13 Å². The van der Waals surface area contributed by atoms with E-state index in [1.165, 1.54) is 11.3 Å². The summed E-state index contributed by atoms with van der Waals surface area (Å²) in [6.45, 7) is 0.571. The topological polar surface area (TPSA) is 67.1 Å². The zero-order valence-electron chi connectivity index (χ0n) is 19.7. The van der Waals surface area contributed by atoms with Crippen molar-refractivity contribution in [3.8, 4) is 0 Å². The SMILES string of the molecule is Clc1ccc(C(Cn2ccnc2)NC(=NC(c2ccccc2)c2ccccc2)Nc2nccs2)c(Cl)c1. The monoisotopic (exact) mass is 546 g/mol. The second-order valence-electron chi connectivity index (χ2n) is 8.29. The van der Waals surface area contributed by atoms with Gasteiger partial charge in [0.2, 0.25) is 0 Å². The third kappa shape index (κ3) is 6.57. The van der Waals surface area contributed by atoms with E-state index in [4.69, 9.17) is 28.2 Å². The molecule has 186 valence electrons. The fourth-order valence-electron chi connectivity index (χ4n) is 4.01. The Hall–Kier alpha value is -3.65. The van der Waals surface area contributed by atoms with E-state index in [-0.39, 0.29) is 12.1 Å². The summed E-state index contributed by atoms with van der Waals surface area (Å²) >= 11 is 14.4. The fraction of sp³-hybridized carbons (Fsp3) is 0.107. The number of imidazole rings is 1. The second kappa shape index (κ2) is 12.1. The number of nitrogens with one attached hydrogen (secondary N) is 2. The molecule has 0 aliphatic rings. The third-order valence-corrected chi connectivity index (χ3v) is 7.00. The van der Waals surface area contributed by atoms with Crippen LogP contribution in [0.5, 0.6) is 0 Å². The lowest BCUT2D eigenvalue weighted by molar-refractivity contribution is 0.530. The summed E-state index contributed by atoms with van der Waals surface area (Å²) in [7, 11) is 0. The molecule has 0 saturated carbocycles. The Labute approximate surface area is 229 Å². The van der Waals surface area contributed by atoms with Gasteiger partial charge in [-0.25, -0.2) is 15.0 Å². The molecule has 0 fully saturated rings. The maximum atomic E-state index is 6.67. The normalized spacial score (nSPS) is 12.5. The molecule has 37 heavy (non-hydrogen) atoms. The van der Waals surface area contributed by atoms with Crippen LogP contribution in [-0.4, -0.2) is 20.5 Å². The average molecular weight is 548 g/mol. The number of benzene rings is 3. The molecule has 3 aromatic carbocycles. The summed E-state index contributed by atoms with van der Waals surface area (Å²) in [5, 5.41) is 10.8. The van der Waals surface area contributed by atoms with Gasteiger partial charge in [0.15, 0.2) is 11.1 Å². The van der Waals surface area contributed by atoms with Crippen LogP contribution in [0.3, 0.4) is 0 Å². The van der Waals surface area contributed by atoms with E-state index in [0.717, 1.165) is 21.8 Å². The Morgan fingerprint density at radius 2 is 1.68 bits per heavy atom. The molecule has 2 N–H and O–H groups in total. The van der Waals surface area contributed by atoms with Crippen molar-refractivity contribution in [1.29, 1.82) is 0 Å². The van der Waals surface area contributed by atoms with E-state index in [1.54, 1.807) is 24.8 Å². The molecular weight excluding hydrogens is 523 g/mol. The van der Waals surface area contributed by atoms with Crippen molar-refractivity contribution in [3.63, 3.8) is 0 Å². The quantitative estimate of drug-likeness (QED) is 0.159. The largest absolute Gasteiger partial charge is 0.347 e. The fourth-order valence-corrected chi connectivity index (χ4v) is 5.08. The highest BCUT2D eigenvalue weighted by Gasteiger charge is 2.21. The van der Waals surface area contributed by atoms with Crippen LogP contribution >= 0.6 is 34.5 Å². The number of hydrogen-bond acceptors (Lipinski definition) is 4. The van der Waals surface area contributed by atoms with Crippen LogP contribution in [0.1, 0.15) is 28.8 Å². The van der Waals surface area contributed by atoms with Crippen molar-refractivity contribution in [1.82, 2.24) is 19.9 Å². The molecule has 0 amide bonds. The highest BCUT2D eigenvalue weighted by molar-refractivity contribution is 7.13. The van der Waals surface area contributed by atoms with Gasteiger partial charge in [-0.15, -0.1) is 11.3 Å². The number of aliphatic imine (C=N–C) groups is 1. The Balaban J connectivity index is 1.57. The Morgan fingerprint density at radius 3 is 2.27 bits per heavy atom. The second-order valence-corrected chi connectivity index (χ2v) is 10.0. The van der Waals surface area contributed by atoms with Crippen LogP contribution in [-0.2, 0) is 6.54 Å². The first-order valence-electron chi connectivity index (χ1n) is 11.7. The van der Waals surface area contributed by atoms with Crippen molar-refractivity contribution in [3.05, 3.63) is 136 Å². The molecule has 9 heteroatoms. The van der Waals surface area contributed by atoms with Gasteiger partial charge in [-0.2, -0.15) is 0 Å². The maximum absolute atomic E-state index is 6.67. The standard InChI is InChI=1S/C28H24Cl2N6S/c29-22-11-12-23(24(30)17-22)25(18-36-15-13-31-19-36)33-27(35-28-32-14-16-37-28)34-26(20-7-3-1-4-8-20)21-9-5-2-6-10-21/h1-17,19,25-26H,18H2,(H2,32,33,34,35). The minimum Gasteiger partial charge on any atom is -0.347 e. The zero-order valence-corrected chi connectivity index (χ0v) is 22.0. The summed E-state index contributed by atoms with van der Waals surface area (Å²) in [6.07, 6.45) is 7.21. The van der Waals surface area contributed by atoms with Gasteiger partial charge in [-0.3, -0.25) is 0 Å². The molecule has 0 spiro atoms. The Bertz CT molecular complexity index is 1390. The van der Waals surface area contributed by atoms with E-state index in [2.05, 4.69) is 44.9 Å².